The van der Waals surface area contributed by atoms with E-state index in [4.69, 9.17) is 33.7 Å². The third-order valence-corrected chi connectivity index (χ3v) is 3.54. The van der Waals surface area contributed by atoms with Gasteiger partial charge in [0.25, 0.3) is 0 Å². The number of aromatic nitrogens is 2. The van der Waals surface area contributed by atoms with E-state index in [1.807, 2.05) is 0 Å². The number of aromatic amines is 1. The molecule has 0 radical (unpaired) electrons. The lowest BCUT2D eigenvalue weighted by molar-refractivity contribution is -0.137. The molecule has 118 valence electrons. The van der Waals surface area contributed by atoms with Crippen LogP contribution >= 0.6 is 23.2 Å². The van der Waals surface area contributed by atoms with Gasteiger partial charge in [-0.2, -0.15) is 28.8 Å². The summed E-state index contributed by atoms with van der Waals surface area (Å²) in [6.07, 6.45) is -4.59. The van der Waals surface area contributed by atoms with Gasteiger partial charge in [-0.15, -0.1) is 0 Å². The first kappa shape index (κ1) is 16.9. The van der Waals surface area contributed by atoms with Gasteiger partial charge in [0, 0.05) is 7.05 Å². The lowest BCUT2D eigenvalue weighted by atomic mass is 10.1. The Labute approximate surface area is 138 Å². The molecule has 2 aromatic rings. The fraction of sp³-hybridized carbons (Fsp3) is 0.154. The largest absolute Gasteiger partial charge is 0.416 e. The van der Waals surface area contributed by atoms with Crippen molar-refractivity contribution < 1.29 is 13.2 Å². The van der Waals surface area contributed by atoms with Crippen LogP contribution in [-0.2, 0) is 6.18 Å². The van der Waals surface area contributed by atoms with Crippen LogP contribution in [0.5, 0.6) is 0 Å². The number of H-pyrrole nitrogens is 1. The normalized spacial score (nSPS) is 11.0. The highest BCUT2D eigenvalue weighted by Gasteiger charge is 2.33. The van der Waals surface area contributed by atoms with E-state index in [0.717, 1.165) is 12.1 Å². The molecule has 0 fully saturated rings. The van der Waals surface area contributed by atoms with Gasteiger partial charge in [0.2, 0.25) is 0 Å². The molecule has 0 amide bonds. The number of halogens is 5. The first-order chi connectivity index (χ1) is 10.7. The quantitative estimate of drug-likeness (QED) is 0.869. The smallest absolute Gasteiger partial charge is 0.324 e. The predicted octanol–water partition coefficient (Wildman–Crippen LogP) is 4.25. The van der Waals surface area contributed by atoms with Gasteiger partial charge in [0.15, 0.2) is 11.5 Å². The molecule has 2 rings (SSSR count). The molecule has 0 saturated carbocycles. The van der Waals surface area contributed by atoms with E-state index in [0.29, 0.717) is 0 Å². The number of nitrogens with one attached hydrogen (secondary N) is 1. The summed E-state index contributed by atoms with van der Waals surface area (Å²) >= 11 is 11.8. The Morgan fingerprint density at radius 1 is 1.17 bits per heavy atom. The van der Waals surface area contributed by atoms with Crippen molar-refractivity contribution >= 4 is 34.7 Å². The lowest BCUT2D eigenvalue weighted by Gasteiger charge is -2.21. The minimum atomic E-state index is -4.59. The Balaban J connectivity index is 2.58. The van der Waals surface area contributed by atoms with Crippen molar-refractivity contribution in [1.82, 2.24) is 10.2 Å². The Morgan fingerprint density at radius 2 is 1.74 bits per heavy atom. The third kappa shape index (κ3) is 3.04. The highest BCUT2D eigenvalue weighted by Crippen LogP contribution is 2.42. The second kappa shape index (κ2) is 5.99. The number of nitriles is 2. The number of anilines is 2. The topological polar surface area (TPSA) is 79.5 Å². The predicted molar refractivity (Wildman–Crippen MR) is 77.5 cm³/mol. The summed E-state index contributed by atoms with van der Waals surface area (Å²) in [4.78, 5) is 1.24. The maximum Gasteiger partial charge on any atom is 0.416 e. The van der Waals surface area contributed by atoms with E-state index in [1.54, 1.807) is 12.1 Å². The molecule has 0 aliphatic heterocycles. The summed E-state index contributed by atoms with van der Waals surface area (Å²) in [6.45, 7) is 0. The lowest BCUT2D eigenvalue weighted by Crippen LogP contribution is -2.14. The Hall–Kier alpha value is -2.42. The summed E-state index contributed by atoms with van der Waals surface area (Å²) in [5.74, 6) is 0.0209. The van der Waals surface area contributed by atoms with Gasteiger partial charge in [-0.3, -0.25) is 5.10 Å². The number of rotatable bonds is 2. The van der Waals surface area contributed by atoms with Crippen LogP contribution in [0.25, 0.3) is 0 Å². The molecule has 0 saturated heterocycles. The Morgan fingerprint density at radius 3 is 2.17 bits per heavy atom. The molecule has 0 bridgehead atoms. The van der Waals surface area contributed by atoms with Crippen LogP contribution < -0.4 is 4.90 Å². The van der Waals surface area contributed by atoms with Gasteiger partial charge in [-0.05, 0) is 12.1 Å². The van der Waals surface area contributed by atoms with Crippen LogP contribution in [0.2, 0.25) is 10.0 Å². The summed E-state index contributed by atoms with van der Waals surface area (Å²) < 4.78 is 38.2. The molecule has 1 aromatic carbocycles. The molecular weight excluding hydrogens is 354 g/mol. The fourth-order valence-electron chi connectivity index (χ4n) is 1.92. The standard InChI is InChI=1S/C13H6Cl2F3N5/c1-23(12-7(4-19)10(5-20)21-22-12)11-8(14)2-6(3-9(11)15)13(16,17)18/h2-3H,1H3,(H,21,22). The van der Waals surface area contributed by atoms with Crippen LogP contribution in [0.1, 0.15) is 16.8 Å². The fourth-order valence-corrected chi connectivity index (χ4v) is 2.66. The molecule has 1 N–H and O–H groups in total. The van der Waals surface area contributed by atoms with E-state index in [2.05, 4.69) is 10.2 Å². The van der Waals surface area contributed by atoms with Crippen molar-refractivity contribution in [3.8, 4) is 12.1 Å². The van der Waals surface area contributed by atoms with Crippen molar-refractivity contribution in [1.29, 1.82) is 10.5 Å². The van der Waals surface area contributed by atoms with Crippen molar-refractivity contribution in [2.24, 2.45) is 0 Å². The van der Waals surface area contributed by atoms with Gasteiger partial charge in [-0.1, -0.05) is 23.2 Å². The van der Waals surface area contributed by atoms with Crippen LogP contribution in [0.15, 0.2) is 12.1 Å². The van der Waals surface area contributed by atoms with Crippen LogP contribution in [0.3, 0.4) is 0 Å². The highest BCUT2D eigenvalue weighted by molar-refractivity contribution is 6.39. The molecule has 23 heavy (non-hydrogen) atoms. The van der Waals surface area contributed by atoms with Crippen molar-refractivity contribution in [2.75, 3.05) is 11.9 Å². The van der Waals surface area contributed by atoms with Crippen LogP contribution in [-0.4, -0.2) is 17.2 Å². The van der Waals surface area contributed by atoms with E-state index in [1.165, 1.54) is 11.9 Å². The number of alkyl halides is 3. The molecule has 1 heterocycles. The molecule has 0 aliphatic carbocycles. The van der Waals surface area contributed by atoms with Gasteiger partial charge < -0.3 is 4.90 Å². The first-order valence-corrected chi connectivity index (χ1v) is 6.64. The maximum atomic E-state index is 12.7. The van der Waals surface area contributed by atoms with E-state index < -0.39 is 11.7 Å². The highest BCUT2D eigenvalue weighted by atomic mass is 35.5. The second-order valence-corrected chi connectivity index (χ2v) is 5.18. The van der Waals surface area contributed by atoms with Crippen molar-refractivity contribution in [2.45, 2.75) is 6.18 Å². The number of nitrogens with zero attached hydrogens (tertiary/aromatic N) is 4. The minimum Gasteiger partial charge on any atom is -0.324 e. The maximum absolute atomic E-state index is 12.7. The zero-order valence-corrected chi connectivity index (χ0v) is 12.8. The summed E-state index contributed by atoms with van der Waals surface area (Å²) in [5, 5.41) is 23.6. The molecule has 5 nitrogen and oxygen atoms in total. The number of hydrogen-bond donors (Lipinski definition) is 1. The average Bonchev–Trinajstić information content (AvgIpc) is 2.88. The SMILES string of the molecule is CN(c1n[nH]c(C#N)c1C#N)c1c(Cl)cc(C(F)(F)F)cc1Cl. The Kier molecular flexibility index (Phi) is 4.42. The second-order valence-electron chi connectivity index (χ2n) is 4.37. The van der Waals surface area contributed by atoms with E-state index in [-0.39, 0.29) is 32.8 Å². The van der Waals surface area contributed by atoms with Crippen LogP contribution in [0, 0.1) is 22.7 Å². The van der Waals surface area contributed by atoms with Gasteiger partial charge in [0.05, 0.1) is 21.3 Å². The molecule has 0 unspecified atom stereocenters. The van der Waals surface area contributed by atoms with E-state index >= 15 is 0 Å². The average molecular weight is 360 g/mol. The summed E-state index contributed by atoms with van der Waals surface area (Å²) in [6, 6.07) is 5.00. The van der Waals surface area contributed by atoms with E-state index in [9.17, 15) is 13.2 Å². The minimum absolute atomic E-state index is 0.0209. The zero-order valence-electron chi connectivity index (χ0n) is 11.3. The molecular formula is C13H6Cl2F3N5. The zero-order chi connectivity index (χ0) is 17.4. The Bertz CT molecular complexity index is 822. The molecule has 0 spiro atoms. The van der Waals surface area contributed by atoms with Crippen molar-refractivity contribution in [3.05, 3.63) is 39.0 Å². The number of benzene rings is 1. The third-order valence-electron chi connectivity index (χ3n) is 2.97. The molecule has 0 aliphatic rings. The molecule has 0 atom stereocenters. The van der Waals surface area contributed by atoms with Gasteiger partial charge in [-0.25, -0.2) is 0 Å². The van der Waals surface area contributed by atoms with Gasteiger partial charge >= 0.3 is 6.18 Å². The monoisotopic (exact) mass is 359 g/mol. The first-order valence-electron chi connectivity index (χ1n) is 5.89. The summed E-state index contributed by atoms with van der Waals surface area (Å²) in [7, 11) is 1.42. The van der Waals surface area contributed by atoms with Gasteiger partial charge in [0.1, 0.15) is 17.7 Å². The van der Waals surface area contributed by atoms with Crippen molar-refractivity contribution in [3.63, 3.8) is 0 Å². The molecule has 1 aromatic heterocycles. The molecule has 10 heteroatoms. The van der Waals surface area contributed by atoms with Crippen LogP contribution in [0.4, 0.5) is 24.7 Å². The number of hydrogen-bond acceptors (Lipinski definition) is 4. The summed E-state index contributed by atoms with van der Waals surface area (Å²) in [5.41, 5.74) is -1.10.